The molecule has 8 heteroatoms. The van der Waals surface area contributed by atoms with Crippen molar-refractivity contribution in [1.29, 1.82) is 0 Å². The third kappa shape index (κ3) is 3.21. The van der Waals surface area contributed by atoms with Gasteiger partial charge in [0.2, 0.25) is 0 Å². The molecule has 1 aliphatic rings. The number of pyridine rings is 1. The standard InChI is InChI=1S/C21H20N4O4/c26-20(23-12-14-4-3-11-28-14)18-8-7-15(29-18)13-25-19-16(5-1-9-22-19)24-10-2-6-17(24)21(25)27/h1-2,5-10,14H,3-4,11-13H2,(H,23,26). The molecule has 0 aromatic carbocycles. The van der Waals surface area contributed by atoms with Gasteiger partial charge in [0.15, 0.2) is 11.4 Å². The third-order valence-electron chi connectivity index (χ3n) is 5.21. The number of furan rings is 1. The maximum absolute atomic E-state index is 13.0. The second-order valence-corrected chi connectivity index (χ2v) is 7.11. The zero-order chi connectivity index (χ0) is 19.8. The van der Waals surface area contributed by atoms with Crippen LogP contribution in [0.2, 0.25) is 0 Å². The van der Waals surface area contributed by atoms with Crippen LogP contribution in [0.3, 0.4) is 0 Å². The van der Waals surface area contributed by atoms with Crippen LogP contribution in [0.15, 0.2) is 58.0 Å². The Hall–Kier alpha value is -3.39. The van der Waals surface area contributed by atoms with Crippen molar-refractivity contribution in [3.8, 4) is 0 Å². The van der Waals surface area contributed by atoms with E-state index in [1.54, 1.807) is 29.0 Å². The van der Waals surface area contributed by atoms with Gasteiger partial charge in [-0.15, -0.1) is 0 Å². The molecule has 0 spiro atoms. The van der Waals surface area contributed by atoms with Gasteiger partial charge >= 0.3 is 0 Å². The lowest BCUT2D eigenvalue weighted by atomic mass is 10.2. The summed E-state index contributed by atoms with van der Waals surface area (Å²) >= 11 is 0. The normalized spacial score (nSPS) is 16.6. The van der Waals surface area contributed by atoms with Gasteiger partial charge in [0.05, 0.1) is 18.2 Å². The fraction of sp³-hybridized carbons (Fsp3) is 0.286. The topological polar surface area (TPSA) is 90.8 Å². The highest BCUT2D eigenvalue weighted by Crippen LogP contribution is 2.16. The van der Waals surface area contributed by atoms with Crippen LogP contribution in [0.1, 0.15) is 29.2 Å². The van der Waals surface area contributed by atoms with Crippen molar-refractivity contribution in [3.63, 3.8) is 0 Å². The van der Waals surface area contributed by atoms with Crippen LogP contribution in [-0.2, 0) is 11.3 Å². The average molecular weight is 392 g/mol. The maximum atomic E-state index is 13.0. The first-order valence-electron chi connectivity index (χ1n) is 9.64. The Bertz CT molecular complexity index is 1250. The Kier molecular flexibility index (Phi) is 4.40. The highest BCUT2D eigenvalue weighted by atomic mass is 16.5. The lowest BCUT2D eigenvalue weighted by Crippen LogP contribution is -2.31. The molecular weight excluding hydrogens is 372 g/mol. The summed E-state index contributed by atoms with van der Waals surface area (Å²) in [6.45, 7) is 1.40. The highest BCUT2D eigenvalue weighted by Gasteiger charge is 2.19. The molecule has 1 atom stereocenters. The van der Waals surface area contributed by atoms with Crippen molar-refractivity contribution in [2.75, 3.05) is 13.2 Å². The molecule has 4 aromatic heterocycles. The summed E-state index contributed by atoms with van der Waals surface area (Å²) in [5.41, 5.74) is 1.78. The molecule has 0 saturated carbocycles. The number of nitrogens with zero attached hydrogens (tertiary/aromatic N) is 3. The zero-order valence-corrected chi connectivity index (χ0v) is 15.7. The molecule has 0 radical (unpaired) electrons. The summed E-state index contributed by atoms with van der Waals surface area (Å²) < 4.78 is 14.6. The van der Waals surface area contributed by atoms with Crippen LogP contribution >= 0.6 is 0 Å². The predicted octanol–water partition coefficient (Wildman–Crippen LogP) is 2.20. The van der Waals surface area contributed by atoms with Gasteiger partial charge in [-0.3, -0.25) is 14.2 Å². The Morgan fingerprint density at radius 3 is 2.97 bits per heavy atom. The van der Waals surface area contributed by atoms with E-state index >= 15 is 0 Å². The first-order valence-corrected chi connectivity index (χ1v) is 9.64. The molecular formula is C21H20N4O4. The van der Waals surface area contributed by atoms with Crippen LogP contribution in [0.25, 0.3) is 16.7 Å². The number of carbonyl (C=O) groups excluding carboxylic acids is 1. The zero-order valence-electron chi connectivity index (χ0n) is 15.7. The van der Waals surface area contributed by atoms with Crippen molar-refractivity contribution >= 4 is 22.6 Å². The van der Waals surface area contributed by atoms with Gasteiger partial charge in [0.1, 0.15) is 11.3 Å². The number of hydrogen-bond acceptors (Lipinski definition) is 5. The molecule has 4 aromatic rings. The summed E-state index contributed by atoms with van der Waals surface area (Å²) in [5.74, 6) is 0.438. The SMILES string of the molecule is O=C(NCC1CCCO1)c1ccc(Cn2c(=O)c3cccn3c3cccnc32)o1. The van der Waals surface area contributed by atoms with Gasteiger partial charge in [0, 0.05) is 25.5 Å². The van der Waals surface area contributed by atoms with Gasteiger partial charge < -0.3 is 18.9 Å². The number of ether oxygens (including phenoxy) is 1. The van der Waals surface area contributed by atoms with E-state index in [-0.39, 0.29) is 29.9 Å². The average Bonchev–Trinajstić information content (AvgIpc) is 3.51. The van der Waals surface area contributed by atoms with Crippen LogP contribution in [0, 0.1) is 0 Å². The number of nitrogens with one attached hydrogen (secondary N) is 1. The molecule has 1 amide bonds. The summed E-state index contributed by atoms with van der Waals surface area (Å²) in [4.78, 5) is 29.7. The molecule has 1 fully saturated rings. The lowest BCUT2D eigenvalue weighted by Gasteiger charge is -2.10. The second-order valence-electron chi connectivity index (χ2n) is 7.11. The number of rotatable bonds is 5. The van der Waals surface area contributed by atoms with E-state index < -0.39 is 0 Å². The molecule has 5 heterocycles. The van der Waals surface area contributed by atoms with Gasteiger partial charge in [-0.05, 0) is 49.2 Å². The van der Waals surface area contributed by atoms with Crippen LogP contribution < -0.4 is 10.9 Å². The predicted molar refractivity (Wildman–Crippen MR) is 106 cm³/mol. The van der Waals surface area contributed by atoms with E-state index in [0.29, 0.717) is 23.5 Å². The molecule has 0 bridgehead atoms. The molecule has 29 heavy (non-hydrogen) atoms. The first kappa shape index (κ1) is 17.7. The number of hydrogen-bond donors (Lipinski definition) is 1. The minimum Gasteiger partial charge on any atom is -0.454 e. The van der Waals surface area contributed by atoms with E-state index in [4.69, 9.17) is 9.15 Å². The van der Waals surface area contributed by atoms with E-state index in [0.717, 1.165) is 25.0 Å². The smallest absolute Gasteiger partial charge is 0.287 e. The molecule has 8 nitrogen and oxygen atoms in total. The fourth-order valence-corrected chi connectivity index (χ4v) is 3.77. The van der Waals surface area contributed by atoms with E-state index in [9.17, 15) is 9.59 Å². The number of aromatic nitrogens is 3. The monoisotopic (exact) mass is 392 g/mol. The second kappa shape index (κ2) is 7.21. The van der Waals surface area contributed by atoms with Crippen LogP contribution in [0.5, 0.6) is 0 Å². The Balaban J connectivity index is 1.42. The van der Waals surface area contributed by atoms with Crippen molar-refractivity contribution in [2.24, 2.45) is 0 Å². The van der Waals surface area contributed by atoms with E-state index in [1.165, 1.54) is 0 Å². The molecule has 1 aliphatic heterocycles. The van der Waals surface area contributed by atoms with Crippen molar-refractivity contribution in [2.45, 2.75) is 25.5 Å². The van der Waals surface area contributed by atoms with Crippen LogP contribution in [0.4, 0.5) is 0 Å². The number of carbonyl (C=O) groups is 1. The Morgan fingerprint density at radius 1 is 1.21 bits per heavy atom. The molecule has 1 N–H and O–H groups in total. The summed E-state index contributed by atoms with van der Waals surface area (Å²) in [6, 6.07) is 10.7. The van der Waals surface area contributed by atoms with Crippen LogP contribution in [-0.4, -0.2) is 39.1 Å². The largest absolute Gasteiger partial charge is 0.454 e. The fourth-order valence-electron chi connectivity index (χ4n) is 3.77. The van der Waals surface area contributed by atoms with Crippen molar-refractivity contribution in [1.82, 2.24) is 19.3 Å². The first-order chi connectivity index (χ1) is 14.2. The molecule has 1 saturated heterocycles. The minimum absolute atomic E-state index is 0.0678. The Labute approximate surface area is 165 Å². The van der Waals surface area contributed by atoms with Gasteiger partial charge in [-0.2, -0.15) is 0 Å². The quantitative estimate of drug-likeness (QED) is 0.562. The van der Waals surface area contributed by atoms with Gasteiger partial charge in [-0.25, -0.2) is 4.98 Å². The van der Waals surface area contributed by atoms with Crippen molar-refractivity contribution in [3.05, 3.63) is 70.7 Å². The maximum Gasteiger partial charge on any atom is 0.287 e. The molecule has 1 unspecified atom stereocenters. The molecule has 0 aliphatic carbocycles. The highest BCUT2D eigenvalue weighted by molar-refractivity contribution is 5.91. The number of fused-ring (bicyclic) bond motifs is 3. The van der Waals surface area contributed by atoms with Gasteiger partial charge in [0.25, 0.3) is 11.5 Å². The van der Waals surface area contributed by atoms with E-state index in [2.05, 4.69) is 10.3 Å². The summed E-state index contributed by atoms with van der Waals surface area (Å²) in [5, 5.41) is 2.84. The number of amides is 1. The summed E-state index contributed by atoms with van der Waals surface area (Å²) in [7, 11) is 0. The minimum atomic E-state index is -0.288. The van der Waals surface area contributed by atoms with Gasteiger partial charge in [-0.1, -0.05) is 0 Å². The van der Waals surface area contributed by atoms with E-state index in [1.807, 2.05) is 28.8 Å². The molecule has 5 rings (SSSR count). The summed E-state index contributed by atoms with van der Waals surface area (Å²) in [6.07, 6.45) is 5.54. The molecule has 148 valence electrons. The van der Waals surface area contributed by atoms with Crippen molar-refractivity contribution < 1.29 is 13.9 Å². The Morgan fingerprint density at radius 2 is 2.10 bits per heavy atom. The lowest BCUT2D eigenvalue weighted by molar-refractivity contribution is 0.0833. The third-order valence-corrected chi connectivity index (χ3v) is 5.21.